The number of ether oxygens (including phenoxy) is 2. The van der Waals surface area contributed by atoms with Gasteiger partial charge in [0.2, 0.25) is 0 Å². The summed E-state index contributed by atoms with van der Waals surface area (Å²) < 4.78 is 12.6. The van der Waals surface area contributed by atoms with Crippen LogP contribution in [-0.4, -0.2) is 39.5 Å². The molecular formula is C20H19N3O4S. The molecule has 1 aromatic heterocycles. The molecule has 3 aromatic rings. The minimum Gasteiger partial charge on any atom is -0.486 e. The van der Waals surface area contributed by atoms with Crippen LogP contribution in [0, 0.1) is 0 Å². The summed E-state index contributed by atoms with van der Waals surface area (Å²) in [7, 11) is 0. The van der Waals surface area contributed by atoms with E-state index in [2.05, 4.69) is 10.2 Å². The van der Waals surface area contributed by atoms with Crippen LogP contribution in [0.1, 0.15) is 28.9 Å². The van der Waals surface area contributed by atoms with Crippen molar-refractivity contribution < 1.29 is 14.3 Å². The number of rotatable bonds is 6. The van der Waals surface area contributed by atoms with Gasteiger partial charge in [0.05, 0.1) is 11.8 Å². The third-order valence-electron chi connectivity index (χ3n) is 4.54. The van der Waals surface area contributed by atoms with E-state index in [0.29, 0.717) is 35.4 Å². The summed E-state index contributed by atoms with van der Waals surface area (Å²) >= 11 is 1.23. The fourth-order valence-corrected chi connectivity index (χ4v) is 3.96. The third kappa shape index (κ3) is 3.68. The molecule has 1 aliphatic heterocycles. The number of aromatic nitrogens is 3. The molecule has 2 heterocycles. The van der Waals surface area contributed by atoms with E-state index in [1.54, 1.807) is 22.8 Å². The minimum atomic E-state index is -0.300. The van der Waals surface area contributed by atoms with Crippen molar-refractivity contribution in [1.82, 2.24) is 14.8 Å². The molecule has 0 aliphatic carbocycles. The highest BCUT2D eigenvalue weighted by Gasteiger charge is 2.19. The quantitative estimate of drug-likeness (QED) is 0.508. The van der Waals surface area contributed by atoms with E-state index in [1.165, 1.54) is 11.8 Å². The smallest absolute Gasteiger partial charge is 0.344 e. The van der Waals surface area contributed by atoms with Crippen LogP contribution in [0.3, 0.4) is 0 Å². The number of hydrogen-bond acceptors (Lipinski definition) is 6. The lowest BCUT2D eigenvalue weighted by atomic mass is 10.1. The molecule has 0 fully saturated rings. The summed E-state index contributed by atoms with van der Waals surface area (Å²) in [5.41, 5.74) is 1.23. The highest BCUT2D eigenvalue weighted by molar-refractivity contribution is 7.99. The molecule has 2 aromatic carbocycles. The van der Waals surface area contributed by atoms with Crippen LogP contribution in [0.2, 0.25) is 0 Å². The maximum absolute atomic E-state index is 12.6. The van der Waals surface area contributed by atoms with Crippen LogP contribution in [-0.2, 0) is 0 Å². The first-order chi connectivity index (χ1) is 13.6. The number of carbonyl (C=O) groups excluding carboxylic acids is 1. The highest BCUT2D eigenvalue weighted by atomic mass is 32.2. The molecule has 0 spiro atoms. The van der Waals surface area contributed by atoms with Crippen LogP contribution < -0.4 is 15.2 Å². The molecule has 0 amide bonds. The average molecular weight is 397 g/mol. The first-order valence-electron chi connectivity index (χ1n) is 8.91. The maximum Gasteiger partial charge on any atom is 0.344 e. The van der Waals surface area contributed by atoms with Gasteiger partial charge < -0.3 is 9.47 Å². The number of ketones is 1. The second kappa shape index (κ2) is 7.93. The first-order valence-corrected chi connectivity index (χ1v) is 9.89. The molecule has 0 saturated heterocycles. The Labute approximate surface area is 165 Å². The van der Waals surface area contributed by atoms with Gasteiger partial charge in [-0.25, -0.2) is 9.89 Å². The molecule has 144 valence electrons. The van der Waals surface area contributed by atoms with Gasteiger partial charge in [0.25, 0.3) is 0 Å². The molecule has 4 rings (SSSR count). The van der Waals surface area contributed by atoms with Crippen molar-refractivity contribution in [3.8, 4) is 11.5 Å². The monoisotopic (exact) mass is 397 g/mol. The summed E-state index contributed by atoms with van der Waals surface area (Å²) in [6.45, 7) is 2.90. The Bertz CT molecular complexity index is 1050. The zero-order valence-corrected chi connectivity index (χ0v) is 16.1. The molecule has 1 N–H and O–H groups in total. The fourth-order valence-electron chi connectivity index (χ4n) is 3.04. The second-order valence-corrected chi connectivity index (χ2v) is 7.28. The summed E-state index contributed by atoms with van der Waals surface area (Å²) in [6, 6.07) is 14.7. The summed E-state index contributed by atoms with van der Waals surface area (Å²) in [5.74, 6) is 1.31. The van der Waals surface area contributed by atoms with Gasteiger partial charge >= 0.3 is 5.69 Å². The van der Waals surface area contributed by atoms with Crippen LogP contribution in [0.15, 0.2) is 58.5 Å². The predicted molar refractivity (Wildman–Crippen MR) is 106 cm³/mol. The van der Waals surface area contributed by atoms with E-state index in [0.717, 1.165) is 5.56 Å². The molecule has 7 nitrogen and oxygen atoms in total. The molecule has 0 saturated carbocycles. The minimum absolute atomic E-state index is 0.0728. The van der Waals surface area contributed by atoms with Crippen LogP contribution in [0.25, 0.3) is 0 Å². The largest absolute Gasteiger partial charge is 0.486 e. The normalized spacial score (nSPS) is 13.9. The van der Waals surface area contributed by atoms with Gasteiger partial charge in [-0.05, 0) is 30.7 Å². The molecule has 0 bridgehead atoms. The zero-order chi connectivity index (χ0) is 19.5. The van der Waals surface area contributed by atoms with Gasteiger partial charge in [0.1, 0.15) is 13.2 Å². The number of fused-ring (bicyclic) bond motifs is 1. The number of nitrogens with one attached hydrogen (secondary N) is 1. The van der Waals surface area contributed by atoms with E-state index in [9.17, 15) is 9.59 Å². The molecular weight excluding hydrogens is 378 g/mol. The van der Waals surface area contributed by atoms with Gasteiger partial charge in [-0.1, -0.05) is 42.1 Å². The number of H-pyrrole nitrogens is 1. The van der Waals surface area contributed by atoms with E-state index in [-0.39, 0.29) is 23.3 Å². The Hall–Kier alpha value is -3.00. The Balaban J connectivity index is 1.50. The number of thioether (sulfide) groups is 1. The van der Waals surface area contributed by atoms with Gasteiger partial charge in [-0.2, -0.15) is 0 Å². The number of aromatic amines is 1. The van der Waals surface area contributed by atoms with Crippen molar-refractivity contribution in [2.45, 2.75) is 18.1 Å². The lowest BCUT2D eigenvalue weighted by molar-refractivity contribution is 0.102. The lowest BCUT2D eigenvalue weighted by Gasteiger charge is -2.18. The number of Topliss-reactive ketones (excluding diaryl/α,β-unsaturated/α-hetero) is 1. The van der Waals surface area contributed by atoms with Crippen LogP contribution in [0.4, 0.5) is 0 Å². The Morgan fingerprint density at radius 2 is 1.93 bits per heavy atom. The zero-order valence-electron chi connectivity index (χ0n) is 15.3. The lowest BCUT2D eigenvalue weighted by Crippen LogP contribution is -2.22. The van der Waals surface area contributed by atoms with Gasteiger partial charge in [0.15, 0.2) is 22.4 Å². The molecule has 28 heavy (non-hydrogen) atoms. The van der Waals surface area contributed by atoms with Crippen molar-refractivity contribution in [3.63, 3.8) is 0 Å². The number of carbonyl (C=O) groups is 1. The number of hydrogen-bond donors (Lipinski definition) is 1. The topological polar surface area (TPSA) is 86.2 Å². The van der Waals surface area contributed by atoms with Crippen LogP contribution >= 0.6 is 11.8 Å². The van der Waals surface area contributed by atoms with Crippen molar-refractivity contribution in [2.24, 2.45) is 0 Å². The Kier molecular flexibility index (Phi) is 5.21. The van der Waals surface area contributed by atoms with Gasteiger partial charge in [0, 0.05) is 5.56 Å². The fraction of sp³-hybridized carbons (Fsp3) is 0.250. The van der Waals surface area contributed by atoms with Crippen molar-refractivity contribution in [1.29, 1.82) is 0 Å². The van der Waals surface area contributed by atoms with Crippen molar-refractivity contribution >= 4 is 17.5 Å². The predicted octanol–water partition coefficient (Wildman–Crippen LogP) is 2.93. The molecule has 8 heteroatoms. The van der Waals surface area contributed by atoms with Crippen molar-refractivity contribution in [3.05, 3.63) is 70.1 Å². The summed E-state index contributed by atoms with van der Waals surface area (Å²) in [4.78, 5) is 24.9. The number of nitrogens with zero attached hydrogens (tertiary/aromatic N) is 2. The molecule has 0 radical (unpaired) electrons. The van der Waals surface area contributed by atoms with Gasteiger partial charge in [-0.15, -0.1) is 5.10 Å². The number of benzene rings is 2. The summed E-state index contributed by atoms with van der Waals surface area (Å²) in [6.07, 6.45) is 0. The summed E-state index contributed by atoms with van der Waals surface area (Å²) in [5, 5.41) is 7.05. The Morgan fingerprint density at radius 1 is 1.18 bits per heavy atom. The van der Waals surface area contributed by atoms with Crippen LogP contribution in [0.5, 0.6) is 11.5 Å². The SMILES string of the molecule is CC(c1ccccc1)n1c(SCC(=O)c2ccc3c(c2)OCCO3)n[nH]c1=O. The third-order valence-corrected chi connectivity index (χ3v) is 5.49. The van der Waals surface area contributed by atoms with E-state index >= 15 is 0 Å². The van der Waals surface area contributed by atoms with Gasteiger partial charge in [-0.3, -0.25) is 9.36 Å². The Morgan fingerprint density at radius 3 is 2.71 bits per heavy atom. The second-order valence-electron chi connectivity index (χ2n) is 6.34. The standard InChI is InChI=1S/C20H19N3O4S/c1-13(14-5-3-2-4-6-14)23-19(25)21-22-20(23)28-12-16(24)15-7-8-17-18(11-15)27-10-9-26-17/h2-8,11,13H,9-10,12H2,1H3,(H,21,25). The van der Waals surface area contributed by atoms with E-state index in [1.807, 2.05) is 37.3 Å². The molecule has 1 atom stereocenters. The van der Waals surface area contributed by atoms with E-state index in [4.69, 9.17) is 9.47 Å². The molecule has 1 unspecified atom stereocenters. The van der Waals surface area contributed by atoms with E-state index < -0.39 is 0 Å². The highest BCUT2D eigenvalue weighted by Crippen LogP contribution is 2.31. The maximum atomic E-state index is 12.6. The average Bonchev–Trinajstić information content (AvgIpc) is 3.12. The first kappa shape index (κ1) is 18.4. The molecule has 1 aliphatic rings. The van der Waals surface area contributed by atoms with Crippen molar-refractivity contribution in [2.75, 3.05) is 19.0 Å².